The summed E-state index contributed by atoms with van der Waals surface area (Å²) in [5, 5.41) is 0.358. The fraction of sp³-hybridized carbons (Fsp3) is 0.308. The third kappa shape index (κ3) is 3.56. The quantitative estimate of drug-likeness (QED) is 0.699. The number of rotatable bonds is 5. The summed E-state index contributed by atoms with van der Waals surface area (Å²) in [4.78, 5) is 11.9. The van der Waals surface area contributed by atoms with E-state index in [1.54, 1.807) is 19.3 Å². The van der Waals surface area contributed by atoms with Gasteiger partial charge in [0.1, 0.15) is 5.75 Å². The first-order valence-electron chi connectivity index (χ1n) is 6.57. The van der Waals surface area contributed by atoms with E-state index in [2.05, 4.69) is 19.7 Å². The predicted octanol–water partition coefficient (Wildman–Crippen LogP) is 1.19. The SMILES string of the molecule is CN[S+]([O-])c1cc(Oc2cnc(N)nc2N)c(C(C)C)cn1. The molecule has 22 heavy (non-hydrogen) atoms. The van der Waals surface area contributed by atoms with Crippen LogP contribution in [0.15, 0.2) is 23.5 Å². The number of ether oxygens (including phenoxy) is 1. The van der Waals surface area contributed by atoms with Crippen molar-refractivity contribution in [3.8, 4) is 11.5 Å². The Bertz CT molecular complexity index is 667. The Morgan fingerprint density at radius 1 is 1.23 bits per heavy atom. The summed E-state index contributed by atoms with van der Waals surface area (Å²) in [6.45, 7) is 4.00. The first-order chi connectivity index (χ1) is 10.4. The second kappa shape index (κ2) is 6.77. The molecule has 2 heterocycles. The predicted molar refractivity (Wildman–Crippen MR) is 84.7 cm³/mol. The zero-order valence-corrected chi connectivity index (χ0v) is 13.3. The topological polar surface area (TPSA) is 135 Å². The largest absolute Gasteiger partial charge is 0.592 e. The van der Waals surface area contributed by atoms with Crippen LogP contribution in [0.25, 0.3) is 0 Å². The van der Waals surface area contributed by atoms with Crippen molar-refractivity contribution in [2.24, 2.45) is 0 Å². The van der Waals surface area contributed by atoms with E-state index >= 15 is 0 Å². The minimum absolute atomic E-state index is 0.0700. The van der Waals surface area contributed by atoms with Gasteiger partial charge < -0.3 is 20.8 Å². The smallest absolute Gasteiger partial charge is 0.269 e. The van der Waals surface area contributed by atoms with E-state index in [9.17, 15) is 4.55 Å². The number of pyridine rings is 1. The highest BCUT2D eigenvalue weighted by Gasteiger charge is 2.18. The van der Waals surface area contributed by atoms with Gasteiger partial charge in [-0.3, -0.25) is 0 Å². The first-order valence-corrected chi connectivity index (χ1v) is 7.72. The molecule has 0 aliphatic heterocycles. The van der Waals surface area contributed by atoms with Crippen LogP contribution in [0.1, 0.15) is 25.3 Å². The van der Waals surface area contributed by atoms with Gasteiger partial charge in [-0.1, -0.05) is 13.8 Å². The van der Waals surface area contributed by atoms with E-state index in [0.29, 0.717) is 10.8 Å². The van der Waals surface area contributed by atoms with Crippen molar-refractivity contribution >= 4 is 23.1 Å². The lowest BCUT2D eigenvalue weighted by atomic mass is 10.1. The van der Waals surface area contributed by atoms with Gasteiger partial charge >= 0.3 is 0 Å². The maximum atomic E-state index is 11.8. The van der Waals surface area contributed by atoms with Crippen molar-refractivity contribution in [2.45, 2.75) is 24.8 Å². The summed E-state index contributed by atoms with van der Waals surface area (Å²) in [6, 6.07) is 1.61. The van der Waals surface area contributed by atoms with Crippen LogP contribution >= 0.6 is 0 Å². The van der Waals surface area contributed by atoms with Crippen molar-refractivity contribution in [2.75, 3.05) is 18.5 Å². The number of hydrogen-bond donors (Lipinski definition) is 3. The Labute approximate surface area is 131 Å². The molecular formula is C13H18N6O2S. The lowest BCUT2D eigenvalue weighted by molar-refractivity contribution is 0.467. The lowest BCUT2D eigenvalue weighted by Crippen LogP contribution is -2.20. The van der Waals surface area contributed by atoms with Gasteiger partial charge in [-0.05, 0) is 5.92 Å². The molecule has 2 rings (SSSR count). The average molecular weight is 322 g/mol. The van der Waals surface area contributed by atoms with Gasteiger partial charge in [0.15, 0.2) is 11.6 Å². The highest BCUT2D eigenvalue weighted by atomic mass is 32.2. The van der Waals surface area contributed by atoms with Crippen molar-refractivity contribution in [3.63, 3.8) is 0 Å². The van der Waals surface area contributed by atoms with Crippen LogP contribution < -0.4 is 20.9 Å². The number of nitrogens with zero attached hydrogens (tertiary/aromatic N) is 3. The molecule has 0 amide bonds. The molecule has 0 spiro atoms. The summed E-state index contributed by atoms with van der Waals surface area (Å²) < 4.78 is 20.2. The molecule has 0 radical (unpaired) electrons. The van der Waals surface area contributed by atoms with E-state index in [1.165, 1.54) is 6.20 Å². The van der Waals surface area contributed by atoms with Crippen molar-refractivity contribution in [1.29, 1.82) is 0 Å². The van der Waals surface area contributed by atoms with Crippen LogP contribution in [-0.2, 0) is 11.4 Å². The van der Waals surface area contributed by atoms with Crippen LogP contribution in [0.4, 0.5) is 11.8 Å². The van der Waals surface area contributed by atoms with Gasteiger partial charge in [0.25, 0.3) is 5.03 Å². The summed E-state index contributed by atoms with van der Waals surface area (Å²) in [6.07, 6.45) is 3.04. The maximum Gasteiger partial charge on any atom is 0.269 e. The molecule has 8 nitrogen and oxygen atoms in total. The van der Waals surface area contributed by atoms with Gasteiger partial charge in [-0.2, -0.15) is 4.98 Å². The van der Waals surface area contributed by atoms with Gasteiger partial charge in [-0.25, -0.2) is 9.97 Å². The molecule has 1 atom stereocenters. The van der Waals surface area contributed by atoms with E-state index in [0.717, 1.165) is 5.56 Å². The molecule has 0 saturated carbocycles. The van der Waals surface area contributed by atoms with Crippen LogP contribution in [-0.4, -0.2) is 26.6 Å². The third-order valence-electron chi connectivity index (χ3n) is 2.89. The van der Waals surface area contributed by atoms with E-state index in [-0.39, 0.29) is 23.4 Å². The third-order valence-corrected chi connectivity index (χ3v) is 3.86. The molecule has 0 bridgehead atoms. The van der Waals surface area contributed by atoms with Gasteiger partial charge in [0.2, 0.25) is 5.95 Å². The lowest BCUT2D eigenvalue weighted by Gasteiger charge is -2.15. The second-order valence-corrected chi connectivity index (χ2v) is 6.13. The highest BCUT2D eigenvalue weighted by molar-refractivity contribution is 7.89. The molecule has 0 aliphatic carbocycles. The summed E-state index contributed by atoms with van der Waals surface area (Å²) in [5.41, 5.74) is 12.1. The Hall–Kier alpha value is -2.10. The van der Waals surface area contributed by atoms with E-state index < -0.39 is 11.4 Å². The fourth-order valence-corrected chi connectivity index (χ4v) is 2.32. The molecule has 0 aromatic carbocycles. The van der Waals surface area contributed by atoms with Crippen LogP contribution in [0.3, 0.4) is 0 Å². The number of anilines is 2. The molecule has 1 unspecified atom stereocenters. The highest BCUT2D eigenvalue weighted by Crippen LogP contribution is 2.33. The normalized spacial score (nSPS) is 12.4. The van der Waals surface area contributed by atoms with Crippen molar-refractivity contribution in [1.82, 2.24) is 19.7 Å². The van der Waals surface area contributed by atoms with Gasteiger partial charge in [0.05, 0.1) is 23.6 Å². The summed E-state index contributed by atoms with van der Waals surface area (Å²) in [7, 11) is 1.58. The molecule has 0 saturated heterocycles. The number of nitrogens with one attached hydrogen (secondary N) is 1. The fourth-order valence-electron chi connectivity index (χ4n) is 1.75. The standard InChI is InChI=1S/C13H18N6O2S/c1-7(2)8-5-17-11(22(20)16-3)4-9(8)21-10-6-18-13(15)19-12(10)14/h4-7,16H,1-3H3,(H4,14,15,18,19). The zero-order chi connectivity index (χ0) is 16.3. The van der Waals surface area contributed by atoms with Crippen LogP contribution in [0.5, 0.6) is 11.5 Å². The molecule has 2 aromatic heterocycles. The maximum absolute atomic E-state index is 11.8. The zero-order valence-electron chi connectivity index (χ0n) is 12.5. The molecule has 118 valence electrons. The number of hydrogen-bond acceptors (Lipinski definition) is 8. The summed E-state index contributed by atoms with van der Waals surface area (Å²) in [5.74, 6) is 1.15. The summed E-state index contributed by atoms with van der Waals surface area (Å²) >= 11 is -1.41. The minimum atomic E-state index is -1.41. The molecule has 2 aromatic rings. The number of aromatic nitrogens is 3. The monoisotopic (exact) mass is 322 g/mol. The molecule has 0 fully saturated rings. The molecular weight excluding hydrogens is 304 g/mol. The number of nitrogens with two attached hydrogens (primary N) is 2. The minimum Gasteiger partial charge on any atom is -0.592 e. The first kappa shape index (κ1) is 16.3. The van der Waals surface area contributed by atoms with Crippen LogP contribution in [0, 0.1) is 0 Å². The Kier molecular flexibility index (Phi) is 5.01. The van der Waals surface area contributed by atoms with Crippen molar-refractivity contribution in [3.05, 3.63) is 24.0 Å². The Morgan fingerprint density at radius 3 is 2.55 bits per heavy atom. The Balaban J connectivity index is 2.42. The van der Waals surface area contributed by atoms with Gasteiger partial charge in [0, 0.05) is 18.8 Å². The van der Waals surface area contributed by atoms with Gasteiger partial charge in [-0.15, -0.1) is 4.72 Å². The van der Waals surface area contributed by atoms with Crippen LogP contribution in [0.2, 0.25) is 0 Å². The molecule has 9 heteroatoms. The van der Waals surface area contributed by atoms with E-state index in [4.69, 9.17) is 16.2 Å². The number of nitrogen functional groups attached to an aromatic ring is 2. The van der Waals surface area contributed by atoms with Crippen molar-refractivity contribution < 1.29 is 9.29 Å². The Morgan fingerprint density at radius 2 is 1.95 bits per heavy atom. The molecule has 5 N–H and O–H groups in total. The second-order valence-electron chi connectivity index (χ2n) is 4.77. The molecule has 0 aliphatic rings. The van der Waals surface area contributed by atoms with E-state index in [1.807, 2.05) is 13.8 Å². The average Bonchev–Trinajstić information content (AvgIpc) is 2.49.